The van der Waals surface area contributed by atoms with E-state index in [1.165, 1.54) is 0 Å². The van der Waals surface area contributed by atoms with E-state index in [0.717, 1.165) is 25.7 Å². The third kappa shape index (κ3) is 7.03. The maximum atomic E-state index is 12.3. The summed E-state index contributed by atoms with van der Waals surface area (Å²) in [4.78, 5) is 36.4. The van der Waals surface area contributed by atoms with Crippen molar-refractivity contribution in [3.8, 4) is 0 Å². The molecule has 24 heavy (non-hydrogen) atoms. The van der Waals surface area contributed by atoms with Crippen LogP contribution in [-0.4, -0.2) is 68.7 Å². The Hall–Kier alpha value is -2.03. The Kier molecular flexibility index (Phi) is 8.92. The van der Waals surface area contributed by atoms with Crippen LogP contribution in [0.1, 0.15) is 32.1 Å². The van der Waals surface area contributed by atoms with Gasteiger partial charge in [0.25, 0.3) is 0 Å². The molecule has 0 bridgehead atoms. The average Bonchev–Trinajstić information content (AvgIpc) is 2.60. The number of urea groups is 2. The molecule has 1 saturated heterocycles. The molecular weight excluding hydrogens is 312 g/mol. The quantitative estimate of drug-likeness (QED) is 0.393. The number of carbonyl (C=O) groups excluding carboxylic acids is 3. The summed E-state index contributed by atoms with van der Waals surface area (Å²) >= 11 is 0. The number of likely N-dealkylation sites (tertiary alicyclic amines) is 1. The van der Waals surface area contributed by atoms with Crippen LogP contribution in [0, 0.1) is 0 Å². The largest absolute Gasteiger partial charge is 0.341 e. The summed E-state index contributed by atoms with van der Waals surface area (Å²) in [5.41, 5.74) is 5.98. The molecule has 9 nitrogen and oxygen atoms in total. The highest BCUT2D eigenvalue weighted by molar-refractivity contribution is 5.81. The minimum atomic E-state index is -0.506. The van der Waals surface area contributed by atoms with E-state index in [1.54, 1.807) is 19.0 Å². The summed E-state index contributed by atoms with van der Waals surface area (Å²) < 4.78 is 0. The highest BCUT2D eigenvalue weighted by Gasteiger charge is 2.26. The van der Waals surface area contributed by atoms with Crippen molar-refractivity contribution in [2.24, 2.45) is 5.73 Å². The molecule has 1 aliphatic heterocycles. The van der Waals surface area contributed by atoms with Crippen molar-refractivity contribution in [2.75, 3.05) is 33.7 Å². The Morgan fingerprint density at radius 1 is 1.08 bits per heavy atom. The molecule has 0 spiro atoms. The Bertz CT molecular complexity index is 423. The van der Waals surface area contributed by atoms with Gasteiger partial charge in [-0.3, -0.25) is 4.79 Å². The molecule has 0 aromatic rings. The molecule has 5 amide bonds. The van der Waals surface area contributed by atoms with Gasteiger partial charge in [-0.15, -0.1) is 0 Å². The molecular formula is C15H30N6O3. The van der Waals surface area contributed by atoms with E-state index in [9.17, 15) is 14.4 Å². The lowest BCUT2D eigenvalue weighted by atomic mass is 10.0. The molecule has 1 unspecified atom stereocenters. The van der Waals surface area contributed by atoms with E-state index in [-0.39, 0.29) is 24.0 Å². The molecule has 0 saturated carbocycles. The van der Waals surface area contributed by atoms with Crippen molar-refractivity contribution in [2.45, 2.75) is 44.2 Å². The van der Waals surface area contributed by atoms with Crippen LogP contribution < -0.4 is 27.0 Å². The normalized spacial score (nSPS) is 16.2. The molecule has 1 fully saturated rings. The van der Waals surface area contributed by atoms with Crippen LogP contribution in [0.15, 0.2) is 0 Å². The summed E-state index contributed by atoms with van der Waals surface area (Å²) in [6.45, 7) is 1.79. The fourth-order valence-electron chi connectivity index (χ4n) is 2.64. The van der Waals surface area contributed by atoms with Gasteiger partial charge in [0.2, 0.25) is 5.91 Å². The number of amides is 5. The molecule has 0 aromatic heterocycles. The summed E-state index contributed by atoms with van der Waals surface area (Å²) in [6.07, 6.45) is 3.65. The molecule has 1 heterocycles. The number of nitrogens with two attached hydrogens (primary N) is 1. The number of hydrogen-bond donors (Lipinski definition) is 5. The zero-order chi connectivity index (χ0) is 17.9. The number of carbonyl (C=O) groups is 3. The zero-order valence-corrected chi connectivity index (χ0v) is 14.6. The third-order valence-corrected chi connectivity index (χ3v) is 4.14. The van der Waals surface area contributed by atoms with Gasteiger partial charge in [0.15, 0.2) is 0 Å². The fraction of sp³-hybridized carbons (Fsp3) is 0.800. The third-order valence-electron chi connectivity index (χ3n) is 4.14. The number of rotatable bonds is 7. The van der Waals surface area contributed by atoms with Gasteiger partial charge in [0.1, 0.15) is 0 Å². The first kappa shape index (κ1) is 20.0. The van der Waals surface area contributed by atoms with Crippen LogP contribution >= 0.6 is 0 Å². The van der Waals surface area contributed by atoms with Gasteiger partial charge >= 0.3 is 12.1 Å². The SMILES string of the molecule is CNC(=O)NCCCCC(N)C(=O)N1CCC(NC(=O)NC)CC1. The topological polar surface area (TPSA) is 129 Å². The van der Waals surface area contributed by atoms with Crippen molar-refractivity contribution >= 4 is 18.0 Å². The number of unbranched alkanes of at least 4 members (excludes halogenated alkanes) is 1. The van der Waals surface area contributed by atoms with Crippen LogP contribution in [0.25, 0.3) is 0 Å². The molecule has 6 N–H and O–H groups in total. The van der Waals surface area contributed by atoms with Crippen LogP contribution in [-0.2, 0) is 4.79 Å². The first-order valence-corrected chi connectivity index (χ1v) is 8.46. The fourth-order valence-corrected chi connectivity index (χ4v) is 2.64. The molecule has 1 aliphatic rings. The summed E-state index contributed by atoms with van der Waals surface area (Å²) in [5, 5.41) is 10.6. The predicted molar refractivity (Wildman–Crippen MR) is 91.5 cm³/mol. The Morgan fingerprint density at radius 3 is 2.29 bits per heavy atom. The molecule has 1 rings (SSSR count). The minimum absolute atomic E-state index is 0.0346. The lowest BCUT2D eigenvalue weighted by Crippen LogP contribution is -2.51. The smallest absolute Gasteiger partial charge is 0.314 e. The van der Waals surface area contributed by atoms with Crippen LogP contribution in [0.4, 0.5) is 9.59 Å². The number of hydrogen-bond acceptors (Lipinski definition) is 4. The van der Waals surface area contributed by atoms with Crippen molar-refractivity contribution in [1.82, 2.24) is 26.2 Å². The Balaban J connectivity index is 2.20. The minimum Gasteiger partial charge on any atom is -0.341 e. The Labute approximate surface area is 143 Å². The lowest BCUT2D eigenvalue weighted by molar-refractivity contribution is -0.133. The maximum Gasteiger partial charge on any atom is 0.314 e. The summed E-state index contributed by atoms with van der Waals surface area (Å²) in [5.74, 6) is -0.0346. The van der Waals surface area contributed by atoms with Gasteiger partial charge in [0, 0.05) is 39.8 Å². The predicted octanol–water partition coefficient (Wildman–Crippen LogP) is -0.667. The second kappa shape index (κ2) is 10.7. The van der Waals surface area contributed by atoms with Gasteiger partial charge in [0.05, 0.1) is 6.04 Å². The van der Waals surface area contributed by atoms with Gasteiger partial charge in [-0.1, -0.05) is 0 Å². The van der Waals surface area contributed by atoms with E-state index in [1.807, 2.05) is 0 Å². The molecule has 1 atom stereocenters. The van der Waals surface area contributed by atoms with E-state index in [2.05, 4.69) is 21.3 Å². The van der Waals surface area contributed by atoms with Crippen molar-refractivity contribution < 1.29 is 14.4 Å². The van der Waals surface area contributed by atoms with E-state index in [4.69, 9.17) is 5.73 Å². The molecule has 0 aliphatic carbocycles. The number of piperidine rings is 1. The standard InChI is InChI=1S/C15H30N6O3/c1-17-14(23)19-8-4-3-5-12(16)13(22)21-9-6-11(7-10-21)20-15(24)18-2/h11-12H,3-10,16H2,1-2H3,(H2,17,19,23)(H2,18,20,24). The maximum absolute atomic E-state index is 12.3. The van der Waals surface area contributed by atoms with E-state index >= 15 is 0 Å². The van der Waals surface area contributed by atoms with E-state index < -0.39 is 6.04 Å². The second-order valence-corrected chi connectivity index (χ2v) is 5.93. The molecule has 138 valence electrons. The summed E-state index contributed by atoms with van der Waals surface area (Å²) in [7, 11) is 3.15. The van der Waals surface area contributed by atoms with Crippen molar-refractivity contribution in [1.29, 1.82) is 0 Å². The first-order chi connectivity index (χ1) is 11.5. The van der Waals surface area contributed by atoms with Gasteiger partial charge < -0.3 is 31.9 Å². The van der Waals surface area contributed by atoms with Crippen LogP contribution in [0.3, 0.4) is 0 Å². The number of nitrogens with one attached hydrogen (secondary N) is 4. The number of nitrogens with zero attached hydrogens (tertiary/aromatic N) is 1. The monoisotopic (exact) mass is 342 g/mol. The zero-order valence-electron chi connectivity index (χ0n) is 14.6. The summed E-state index contributed by atoms with van der Waals surface area (Å²) in [6, 6.07) is -0.806. The molecule has 9 heteroatoms. The highest BCUT2D eigenvalue weighted by atomic mass is 16.2. The van der Waals surface area contributed by atoms with Gasteiger partial charge in [-0.05, 0) is 32.1 Å². The Morgan fingerprint density at radius 2 is 1.71 bits per heavy atom. The average molecular weight is 342 g/mol. The van der Waals surface area contributed by atoms with Crippen LogP contribution in [0.2, 0.25) is 0 Å². The molecule has 0 radical (unpaired) electrons. The van der Waals surface area contributed by atoms with Gasteiger partial charge in [-0.25, -0.2) is 9.59 Å². The molecule has 0 aromatic carbocycles. The van der Waals surface area contributed by atoms with Crippen molar-refractivity contribution in [3.05, 3.63) is 0 Å². The highest BCUT2D eigenvalue weighted by Crippen LogP contribution is 2.12. The van der Waals surface area contributed by atoms with Crippen LogP contribution in [0.5, 0.6) is 0 Å². The second-order valence-electron chi connectivity index (χ2n) is 5.93. The first-order valence-electron chi connectivity index (χ1n) is 8.46. The van der Waals surface area contributed by atoms with E-state index in [0.29, 0.717) is 26.1 Å². The lowest BCUT2D eigenvalue weighted by Gasteiger charge is -2.33. The van der Waals surface area contributed by atoms with Crippen molar-refractivity contribution in [3.63, 3.8) is 0 Å². The van der Waals surface area contributed by atoms with Gasteiger partial charge in [-0.2, -0.15) is 0 Å².